The van der Waals surface area contributed by atoms with Crippen molar-refractivity contribution in [2.24, 2.45) is 16.3 Å². The van der Waals surface area contributed by atoms with E-state index >= 15 is 0 Å². The first-order chi connectivity index (χ1) is 12.4. The molecule has 7 heteroatoms. The minimum atomic E-state index is 0. The van der Waals surface area contributed by atoms with Crippen LogP contribution in [0.25, 0.3) is 0 Å². The van der Waals surface area contributed by atoms with Gasteiger partial charge < -0.3 is 20.3 Å². The molecule has 2 atom stereocenters. The summed E-state index contributed by atoms with van der Waals surface area (Å²) < 4.78 is 6.09. The molecule has 0 aromatic rings. The van der Waals surface area contributed by atoms with Crippen LogP contribution < -0.4 is 10.6 Å². The number of nitrogens with zero attached hydrogens (tertiary/aromatic N) is 3. The summed E-state index contributed by atoms with van der Waals surface area (Å²) in [7, 11) is 1.86. The fraction of sp³-hybridized carbons (Fsp3) is 0.950. The van der Waals surface area contributed by atoms with Crippen molar-refractivity contribution < 1.29 is 4.74 Å². The maximum Gasteiger partial charge on any atom is 0.191 e. The molecule has 0 aromatic heterocycles. The van der Waals surface area contributed by atoms with Gasteiger partial charge in [0.05, 0.1) is 6.10 Å². The van der Waals surface area contributed by atoms with Crippen LogP contribution in [0.3, 0.4) is 0 Å². The van der Waals surface area contributed by atoms with Crippen LogP contribution in [-0.4, -0.2) is 87.9 Å². The minimum Gasteiger partial charge on any atom is -0.377 e. The van der Waals surface area contributed by atoms with Gasteiger partial charge in [-0.15, -0.1) is 24.0 Å². The number of hydrogen-bond donors (Lipinski definition) is 2. The lowest BCUT2D eigenvalue weighted by molar-refractivity contribution is -0.0835. The number of nitrogens with one attached hydrogen (secondary N) is 2. The average molecular weight is 495 g/mol. The third-order valence-corrected chi connectivity index (χ3v) is 5.69. The van der Waals surface area contributed by atoms with Crippen LogP contribution in [0.4, 0.5) is 0 Å². The summed E-state index contributed by atoms with van der Waals surface area (Å²) in [6.45, 7) is 18.8. The zero-order valence-corrected chi connectivity index (χ0v) is 20.4. The van der Waals surface area contributed by atoms with Gasteiger partial charge in [-0.1, -0.05) is 27.7 Å². The summed E-state index contributed by atoms with van der Waals surface area (Å²) >= 11 is 0. The van der Waals surface area contributed by atoms with E-state index in [4.69, 9.17) is 4.74 Å². The highest BCUT2D eigenvalue weighted by Gasteiger charge is 2.35. The highest BCUT2D eigenvalue weighted by Crippen LogP contribution is 2.33. The zero-order valence-electron chi connectivity index (χ0n) is 18.1. The number of guanidine groups is 1. The molecular weight excluding hydrogens is 453 g/mol. The quantitative estimate of drug-likeness (QED) is 0.337. The topological polar surface area (TPSA) is 52.1 Å². The number of halogens is 1. The van der Waals surface area contributed by atoms with Crippen molar-refractivity contribution in [1.82, 2.24) is 20.4 Å². The molecule has 2 N–H and O–H groups in total. The smallest absolute Gasteiger partial charge is 0.191 e. The van der Waals surface area contributed by atoms with Gasteiger partial charge in [0, 0.05) is 65.4 Å². The monoisotopic (exact) mass is 495 g/mol. The molecule has 0 aliphatic carbocycles. The predicted molar refractivity (Wildman–Crippen MR) is 125 cm³/mol. The Hall–Kier alpha value is -0.120. The molecule has 27 heavy (non-hydrogen) atoms. The van der Waals surface area contributed by atoms with Crippen LogP contribution in [0.15, 0.2) is 4.99 Å². The molecule has 0 aromatic carbocycles. The molecule has 2 saturated heterocycles. The van der Waals surface area contributed by atoms with E-state index in [-0.39, 0.29) is 29.4 Å². The van der Waals surface area contributed by atoms with E-state index < -0.39 is 0 Å². The van der Waals surface area contributed by atoms with E-state index in [1.807, 2.05) is 7.05 Å². The normalized spacial score (nSPS) is 25.7. The SMILES string of the molecule is CCN1CCN(CCNC(=NC)NCC2CCCOC2C(C)(C)C)CC1.I. The van der Waals surface area contributed by atoms with E-state index in [0.29, 0.717) is 12.0 Å². The molecule has 2 aliphatic rings. The standard InChI is InChI=1S/C20H41N5O.HI/c1-6-24-11-13-25(14-12-24)10-9-22-19(21-5)23-16-17-8-7-15-26-18(17)20(2,3)4;/h17-18H,6-16H2,1-5H3,(H2,21,22,23);1H. The molecule has 6 nitrogen and oxygen atoms in total. The average Bonchev–Trinajstić information content (AvgIpc) is 2.64. The fourth-order valence-electron chi connectivity index (χ4n) is 4.12. The van der Waals surface area contributed by atoms with Gasteiger partial charge in [0.2, 0.25) is 0 Å². The van der Waals surface area contributed by atoms with Crippen molar-refractivity contribution in [3.8, 4) is 0 Å². The second-order valence-electron chi connectivity index (χ2n) is 8.72. The molecule has 0 amide bonds. The van der Waals surface area contributed by atoms with E-state index in [1.165, 1.54) is 39.1 Å². The van der Waals surface area contributed by atoms with Gasteiger partial charge in [0.25, 0.3) is 0 Å². The molecule has 2 rings (SSSR count). The Labute approximate surface area is 183 Å². The molecule has 2 fully saturated rings. The van der Waals surface area contributed by atoms with E-state index in [9.17, 15) is 0 Å². The number of rotatable bonds is 6. The van der Waals surface area contributed by atoms with E-state index in [0.717, 1.165) is 38.6 Å². The first-order valence-corrected chi connectivity index (χ1v) is 10.4. The van der Waals surface area contributed by atoms with Crippen LogP contribution in [0.1, 0.15) is 40.5 Å². The molecule has 0 bridgehead atoms. The Morgan fingerprint density at radius 2 is 1.78 bits per heavy atom. The number of piperazine rings is 1. The van der Waals surface area contributed by atoms with Crippen LogP contribution >= 0.6 is 24.0 Å². The Morgan fingerprint density at radius 1 is 1.11 bits per heavy atom. The van der Waals surface area contributed by atoms with E-state index in [1.54, 1.807) is 0 Å². The lowest BCUT2D eigenvalue weighted by Gasteiger charge is -2.40. The number of ether oxygens (including phenoxy) is 1. The predicted octanol–water partition coefficient (Wildman–Crippen LogP) is 2.25. The molecule has 0 saturated carbocycles. The van der Waals surface area contributed by atoms with Crippen molar-refractivity contribution >= 4 is 29.9 Å². The molecule has 2 unspecified atom stereocenters. The maximum atomic E-state index is 6.09. The zero-order chi connectivity index (χ0) is 19.0. The Bertz CT molecular complexity index is 433. The Morgan fingerprint density at radius 3 is 2.37 bits per heavy atom. The number of aliphatic imine (C=N–C) groups is 1. The van der Waals surface area contributed by atoms with Gasteiger partial charge in [-0.3, -0.25) is 9.89 Å². The Kier molecular flexibility index (Phi) is 11.5. The summed E-state index contributed by atoms with van der Waals surface area (Å²) in [6, 6.07) is 0. The van der Waals surface area contributed by atoms with Gasteiger partial charge in [-0.2, -0.15) is 0 Å². The molecule has 2 heterocycles. The van der Waals surface area contributed by atoms with Gasteiger partial charge in [-0.25, -0.2) is 0 Å². The second-order valence-corrected chi connectivity index (χ2v) is 8.72. The lowest BCUT2D eigenvalue weighted by Crippen LogP contribution is -2.50. The lowest BCUT2D eigenvalue weighted by atomic mass is 9.78. The van der Waals surface area contributed by atoms with Gasteiger partial charge >= 0.3 is 0 Å². The molecule has 0 radical (unpaired) electrons. The first kappa shape index (κ1) is 24.9. The Balaban J connectivity index is 0.00000364. The fourth-order valence-corrected chi connectivity index (χ4v) is 4.12. The van der Waals surface area contributed by atoms with Crippen molar-refractivity contribution in [2.75, 3.05) is 66.0 Å². The third-order valence-electron chi connectivity index (χ3n) is 5.69. The molecule has 2 aliphatic heterocycles. The second kappa shape index (κ2) is 12.4. The molecule has 0 spiro atoms. The van der Waals surface area contributed by atoms with Crippen LogP contribution in [0, 0.1) is 11.3 Å². The number of hydrogen-bond acceptors (Lipinski definition) is 4. The summed E-state index contributed by atoms with van der Waals surface area (Å²) in [5, 5.41) is 7.01. The van der Waals surface area contributed by atoms with Crippen molar-refractivity contribution in [2.45, 2.75) is 46.6 Å². The maximum absolute atomic E-state index is 6.09. The highest BCUT2D eigenvalue weighted by atomic mass is 127. The van der Waals surface area contributed by atoms with E-state index in [2.05, 4.69) is 53.1 Å². The van der Waals surface area contributed by atoms with Crippen LogP contribution in [0.5, 0.6) is 0 Å². The van der Waals surface area contributed by atoms with Crippen molar-refractivity contribution in [3.63, 3.8) is 0 Å². The summed E-state index contributed by atoms with van der Waals surface area (Å²) in [4.78, 5) is 9.45. The van der Waals surface area contributed by atoms with Crippen molar-refractivity contribution in [3.05, 3.63) is 0 Å². The summed E-state index contributed by atoms with van der Waals surface area (Å²) in [5.41, 5.74) is 0.185. The largest absolute Gasteiger partial charge is 0.377 e. The van der Waals surface area contributed by atoms with Crippen LogP contribution in [-0.2, 0) is 4.74 Å². The summed E-state index contributed by atoms with van der Waals surface area (Å²) in [6.07, 6.45) is 2.71. The van der Waals surface area contributed by atoms with Crippen molar-refractivity contribution in [1.29, 1.82) is 0 Å². The summed E-state index contributed by atoms with van der Waals surface area (Å²) in [5.74, 6) is 1.46. The van der Waals surface area contributed by atoms with Gasteiger partial charge in [-0.05, 0) is 24.8 Å². The van der Waals surface area contributed by atoms with Gasteiger partial charge in [0.1, 0.15) is 0 Å². The van der Waals surface area contributed by atoms with Gasteiger partial charge in [0.15, 0.2) is 5.96 Å². The minimum absolute atomic E-state index is 0. The molecular formula is C20H42IN5O. The first-order valence-electron chi connectivity index (χ1n) is 10.4. The molecule has 160 valence electrons. The third kappa shape index (κ3) is 8.41. The number of likely N-dealkylation sites (N-methyl/N-ethyl adjacent to an activating group) is 1. The van der Waals surface area contributed by atoms with Crippen LogP contribution in [0.2, 0.25) is 0 Å². The highest BCUT2D eigenvalue weighted by molar-refractivity contribution is 14.0.